The topological polar surface area (TPSA) is 78.9 Å². The van der Waals surface area contributed by atoms with E-state index in [2.05, 4.69) is 118 Å². The lowest BCUT2D eigenvalue weighted by atomic mass is 10.0. The standard InChI is InChI=1S/C76H132O6/c1-4-7-10-13-16-19-22-25-27-29-31-33-34-35-36-37-38-39-40-41-42-44-45-47-49-51-54-57-60-63-66-69-75(78)81-72-73(71-80-74(77)68-65-62-59-56-53-24-21-18-15-12-9-6-3)82-76(79)70-67-64-61-58-55-52-50-48-46-43-32-30-28-26-23-20-17-14-11-8-5-2/h7,10,16,18-19,21,25,27,30-33,35-36,38-39,73H,4-6,8-9,11-15,17,20,22-24,26,28-29,34,37,40-72H2,1-3H3/b10-7-,19-16-,21-18-,27-25-,32-30-,33-31-,36-35-,39-38-. The first-order valence-electron chi connectivity index (χ1n) is 35.2. The number of esters is 3. The van der Waals surface area contributed by atoms with E-state index >= 15 is 0 Å². The number of hydrogen-bond acceptors (Lipinski definition) is 6. The summed E-state index contributed by atoms with van der Waals surface area (Å²) in [4.78, 5) is 38.4. The van der Waals surface area contributed by atoms with Crippen molar-refractivity contribution in [3.63, 3.8) is 0 Å². The zero-order chi connectivity index (χ0) is 59.2. The van der Waals surface area contributed by atoms with Gasteiger partial charge in [-0.25, -0.2) is 0 Å². The summed E-state index contributed by atoms with van der Waals surface area (Å²) in [5.41, 5.74) is 0. The predicted octanol–water partition coefficient (Wildman–Crippen LogP) is 24.4. The fourth-order valence-electron chi connectivity index (χ4n) is 10.0. The maximum atomic E-state index is 12.9. The Morgan fingerprint density at radius 2 is 0.476 bits per heavy atom. The van der Waals surface area contributed by atoms with Gasteiger partial charge in [-0.05, 0) is 122 Å². The average molecular weight is 1140 g/mol. The van der Waals surface area contributed by atoms with Crippen LogP contribution in [0.3, 0.4) is 0 Å². The van der Waals surface area contributed by atoms with Crippen molar-refractivity contribution in [1.82, 2.24) is 0 Å². The van der Waals surface area contributed by atoms with E-state index in [1.54, 1.807) is 0 Å². The Hall–Kier alpha value is -3.67. The Morgan fingerprint density at radius 1 is 0.256 bits per heavy atom. The molecule has 0 amide bonds. The number of ether oxygens (including phenoxy) is 3. The largest absolute Gasteiger partial charge is 0.462 e. The van der Waals surface area contributed by atoms with Crippen LogP contribution in [0.2, 0.25) is 0 Å². The number of rotatable bonds is 64. The molecular weight excluding hydrogens is 1010 g/mol. The smallest absolute Gasteiger partial charge is 0.306 e. The fourth-order valence-corrected chi connectivity index (χ4v) is 10.0. The number of carbonyl (C=O) groups is 3. The van der Waals surface area contributed by atoms with Gasteiger partial charge < -0.3 is 14.2 Å². The molecule has 0 aromatic heterocycles. The third-order valence-corrected chi connectivity index (χ3v) is 15.3. The molecule has 82 heavy (non-hydrogen) atoms. The summed E-state index contributed by atoms with van der Waals surface area (Å²) >= 11 is 0. The van der Waals surface area contributed by atoms with Crippen LogP contribution in [0.15, 0.2) is 97.2 Å². The highest BCUT2D eigenvalue weighted by Gasteiger charge is 2.19. The first kappa shape index (κ1) is 78.3. The fraction of sp³-hybridized carbons (Fsp3) is 0.750. The van der Waals surface area contributed by atoms with Crippen molar-refractivity contribution in [3.8, 4) is 0 Å². The molecule has 1 atom stereocenters. The Balaban J connectivity index is 4.23. The lowest BCUT2D eigenvalue weighted by Gasteiger charge is -2.18. The summed E-state index contributed by atoms with van der Waals surface area (Å²) in [5, 5.41) is 0. The molecular formula is C76H132O6. The molecule has 0 aliphatic heterocycles. The molecule has 472 valence electrons. The summed E-state index contributed by atoms with van der Waals surface area (Å²) in [5.74, 6) is -0.877. The second-order valence-electron chi connectivity index (χ2n) is 23.4. The Kier molecular flexibility index (Phi) is 66.7. The van der Waals surface area contributed by atoms with Crippen molar-refractivity contribution < 1.29 is 28.6 Å². The highest BCUT2D eigenvalue weighted by atomic mass is 16.6. The molecule has 0 aromatic rings. The summed E-state index contributed by atoms with van der Waals surface area (Å²) in [7, 11) is 0. The molecule has 6 nitrogen and oxygen atoms in total. The molecule has 0 aliphatic rings. The lowest BCUT2D eigenvalue weighted by Crippen LogP contribution is -2.30. The quantitative estimate of drug-likeness (QED) is 0.0261. The van der Waals surface area contributed by atoms with Crippen LogP contribution in [0, 0.1) is 0 Å². The second kappa shape index (κ2) is 69.8. The minimum absolute atomic E-state index is 0.0794. The third kappa shape index (κ3) is 67.1. The highest BCUT2D eigenvalue weighted by Crippen LogP contribution is 2.17. The summed E-state index contributed by atoms with van der Waals surface area (Å²) < 4.78 is 17.0. The van der Waals surface area contributed by atoms with Crippen LogP contribution < -0.4 is 0 Å². The summed E-state index contributed by atoms with van der Waals surface area (Å²) in [6, 6.07) is 0. The molecule has 0 radical (unpaired) electrons. The van der Waals surface area contributed by atoms with Crippen LogP contribution in [-0.2, 0) is 28.6 Å². The molecule has 0 aliphatic carbocycles. The van der Waals surface area contributed by atoms with Crippen molar-refractivity contribution in [2.45, 2.75) is 354 Å². The minimum Gasteiger partial charge on any atom is -0.462 e. The van der Waals surface area contributed by atoms with Crippen LogP contribution in [0.4, 0.5) is 0 Å². The number of hydrogen-bond donors (Lipinski definition) is 0. The van der Waals surface area contributed by atoms with Crippen molar-refractivity contribution in [2.24, 2.45) is 0 Å². The van der Waals surface area contributed by atoms with Gasteiger partial charge in [-0.3, -0.25) is 14.4 Å². The number of allylic oxidation sites excluding steroid dienone is 16. The van der Waals surface area contributed by atoms with E-state index < -0.39 is 6.10 Å². The summed E-state index contributed by atoms with van der Waals surface area (Å²) in [6.45, 7) is 6.53. The predicted molar refractivity (Wildman–Crippen MR) is 357 cm³/mol. The van der Waals surface area contributed by atoms with Gasteiger partial charge in [0.25, 0.3) is 0 Å². The third-order valence-electron chi connectivity index (χ3n) is 15.3. The van der Waals surface area contributed by atoms with Crippen LogP contribution in [0.1, 0.15) is 348 Å². The molecule has 0 bridgehead atoms. The summed E-state index contributed by atoms with van der Waals surface area (Å²) in [6.07, 6.45) is 94.3. The first-order chi connectivity index (χ1) is 40.5. The second-order valence-corrected chi connectivity index (χ2v) is 23.4. The molecule has 0 rings (SSSR count). The van der Waals surface area contributed by atoms with Crippen molar-refractivity contribution in [1.29, 1.82) is 0 Å². The molecule has 0 heterocycles. The van der Waals surface area contributed by atoms with Gasteiger partial charge in [-0.1, -0.05) is 304 Å². The van der Waals surface area contributed by atoms with Crippen molar-refractivity contribution >= 4 is 17.9 Å². The Bertz CT molecular complexity index is 1590. The van der Waals surface area contributed by atoms with Crippen LogP contribution in [-0.4, -0.2) is 37.2 Å². The van der Waals surface area contributed by atoms with Crippen LogP contribution >= 0.6 is 0 Å². The maximum absolute atomic E-state index is 12.9. The normalized spacial score (nSPS) is 12.7. The van der Waals surface area contributed by atoms with Crippen LogP contribution in [0.5, 0.6) is 0 Å². The van der Waals surface area contributed by atoms with Crippen molar-refractivity contribution in [3.05, 3.63) is 97.2 Å². The molecule has 0 aromatic carbocycles. The van der Waals surface area contributed by atoms with E-state index in [1.165, 1.54) is 205 Å². The highest BCUT2D eigenvalue weighted by molar-refractivity contribution is 5.71. The van der Waals surface area contributed by atoms with Gasteiger partial charge in [0.1, 0.15) is 13.2 Å². The van der Waals surface area contributed by atoms with E-state index in [0.29, 0.717) is 19.3 Å². The minimum atomic E-state index is -0.783. The molecule has 6 heteroatoms. The van der Waals surface area contributed by atoms with E-state index in [1.807, 2.05) is 0 Å². The van der Waals surface area contributed by atoms with Gasteiger partial charge in [0, 0.05) is 19.3 Å². The number of unbranched alkanes of at least 4 members (excludes halogenated alkanes) is 37. The van der Waals surface area contributed by atoms with Gasteiger partial charge in [-0.2, -0.15) is 0 Å². The van der Waals surface area contributed by atoms with Gasteiger partial charge in [0.2, 0.25) is 0 Å². The molecule has 0 saturated carbocycles. The molecule has 0 saturated heterocycles. The van der Waals surface area contributed by atoms with E-state index in [-0.39, 0.29) is 31.1 Å². The zero-order valence-corrected chi connectivity index (χ0v) is 54.2. The van der Waals surface area contributed by atoms with E-state index in [4.69, 9.17) is 14.2 Å². The molecule has 0 N–H and O–H groups in total. The van der Waals surface area contributed by atoms with Crippen LogP contribution in [0.25, 0.3) is 0 Å². The van der Waals surface area contributed by atoms with Gasteiger partial charge in [-0.15, -0.1) is 0 Å². The molecule has 1 unspecified atom stereocenters. The Labute approximate surface area is 508 Å². The van der Waals surface area contributed by atoms with Gasteiger partial charge in [0.15, 0.2) is 6.10 Å². The molecule has 0 fully saturated rings. The monoisotopic (exact) mass is 1140 g/mol. The van der Waals surface area contributed by atoms with E-state index in [9.17, 15) is 14.4 Å². The SMILES string of the molecule is CC/C=C\C/C=C\C/C=C\C/C=C\C/C=C\C/C=C\CCCCCCCCCCCCCCC(=O)OCC(COC(=O)CCCCCCC/C=C\CCCCC)OC(=O)CCCCCCCCCCC/C=C\CCCCCCCCCC. The lowest BCUT2D eigenvalue weighted by molar-refractivity contribution is -0.167. The van der Waals surface area contributed by atoms with Gasteiger partial charge >= 0.3 is 17.9 Å². The maximum Gasteiger partial charge on any atom is 0.306 e. The average Bonchev–Trinajstić information content (AvgIpc) is 3.47. The zero-order valence-electron chi connectivity index (χ0n) is 54.2. The first-order valence-corrected chi connectivity index (χ1v) is 35.2. The van der Waals surface area contributed by atoms with E-state index in [0.717, 1.165) is 103 Å². The van der Waals surface area contributed by atoms with Gasteiger partial charge in [0.05, 0.1) is 0 Å². The van der Waals surface area contributed by atoms with Crippen molar-refractivity contribution in [2.75, 3.05) is 13.2 Å². The molecule has 0 spiro atoms. The number of carbonyl (C=O) groups excluding carboxylic acids is 3. The Morgan fingerprint density at radius 3 is 0.780 bits per heavy atom.